The lowest BCUT2D eigenvalue weighted by atomic mass is 10.3. The Morgan fingerprint density at radius 3 is 2.70 bits per heavy atom. The Balaban J connectivity index is 1.72. The van der Waals surface area contributed by atoms with E-state index in [1.54, 1.807) is 42.6 Å². The minimum absolute atomic E-state index is 0.111. The summed E-state index contributed by atoms with van der Waals surface area (Å²) in [5.41, 5.74) is -0.111. The van der Waals surface area contributed by atoms with Crippen molar-refractivity contribution in [2.24, 2.45) is 0 Å². The van der Waals surface area contributed by atoms with Gasteiger partial charge >= 0.3 is 0 Å². The number of carbonyl (C=O) groups excluding carboxylic acids is 1. The highest BCUT2D eigenvalue weighted by atomic mass is 35.5. The molecule has 1 amide bonds. The largest absolute Gasteiger partial charge is 0.489 e. The van der Waals surface area contributed by atoms with Gasteiger partial charge in [-0.15, -0.1) is 0 Å². The Morgan fingerprint density at radius 2 is 2.00 bits per heavy atom. The van der Waals surface area contributed by atoms with Gasteiger partial charge in [-0.3, -0.25) is 9.59 Å². The zero-order valence-electron chi connectivity index (χ0n) is 12.9. The minimum Gasteiger partial charge on any atom is -0.489 e. The minimum atomic E-state index is -0.167. The van der Waals surface area contributed by atoms with Crippen molar-refractivity contribution in [1.29, 1.82) is 0 Å². The number of aryl methyl sites for hydroxylation is 1. The first-order valence-corrected chi connectivity index (χ1v) is 7.77. The number of benzene rings is 1. The van der Waals surface area contributed by atoms with Gasteiger partial charge in [0, 0.05) is 30.3 Å². The molecule has 1 N–H and O–H groups in total. The molecule has 6 heteroatoms. The van der Waals surface area contributed by atoms with E-state index in [4.69, 9.17) is 16.3 Å². The number of pyridine rings is 1. The van der Waals surface area contributed by atoms with E-state index in [0.717, 1.165) is 0 Å². The van der Waals surface area contributed by atoms with Crippen LogP contribution in [-0.4, -0.2) is 23.1 Å². The summed E-state index contributed by atoms with van der Waals surface area (Å²) in [7, 11) is 0. The van der Waals surface area contributed by atoms with Gasteiger partial charge in [0.15, 0.2) is 0 Å². The number of hydrogen-bond donors (Lipinski definition) is 1. The van der Waals surface area contributed by atoms with Gasteiger partial charge in [-0.05, 0) is 37.3 Å². The molecule has 5 nitrogen and oxygen atoms in total. The third-order valence-electron chi connectivity index (χ3n) is 3.22. The fourth-order valence-corrected chi connectivity index (χ4v) is 2.13. The van der Waals surface area contributed by atoms with E-state index in [-0.39, 0.29) is 24.0 Å². The van der Waals surface area contributed by atoms with Crippen LogP contribution in [0.5, 0.6) is 5.75 Å². The van der Waals surface area contributed by atoms with Crippen molar-refractivity contribution in [2.75, 3.05) is 6.54 Å². The quantitative estimate of drug-likeness (QED) is 0.846. The van der Waals surface area contributed by atoms with Crippen LogP contribution in [0.1, 0.15) is 13.3 Å². The standard InChI is InChI=1S/C17H19ClN2O3/c1-13(23-15-7-5-14(18)6-8-15)12-19-16(21)9-11-20-10-3-2-4-17(20)22/h2-8,10,13H,9,11-12H2,1H3,(H,19,21)/t13-/m1/s1. The fraction of sp³-hybridized carbons (Fsp3) is 0.294. The van der Waals surface area contributed by atoms with Crippen molar-refractivity contribution < 1.29 is 9.53 Å². The van der Waals surface area contributed by atoms with E-state index < -0.39 is 0 Å². The SMILES string of the molecule is C[C@H](CNC(=O)CCn1ccccc1=O)Oc1ccc(Cl)cc1. The van der Waals surface area contributed by atoms with Crippen molar-refractivity contribution in [3.8, 4) is 5.75 Å². The summed E-state index contributed by atoms with van der Waals surface area (Å²) in [6, 6.07) is 12.0. The lowest BCUT2D eigenvalue weighted by molar-refractivity contribution is -0.121. The Morgan fingerprint density at radius 1 is 1.26 bits per heavy atom. The average molecular weight is 335 g/mol. The first-order valence-electron chi connectivity index (χ1n) is 7.39. The number of nitrogens with one attached hydrogen (secondary N) is 1. The van der Waals surface area contributed by atoms with Crippen molar-refractivity contribution >= 4 is 17.5 Å². The summed E-state index contributed by atoms with van der Waals surface area (Å²) in [5, 5.41) is 3.45. The molecule has 0 saturated carbocycles. The maximum atomic E-state index is 11.8. The molecule has 23 heavy (non-hydrogen) atoms. The zero-order valence-corrected chi connectivity index (χ0v) is 13.6. The van der Waals surface area contributed by atoms with Crippen LogP contribution in [0.2, 0.25) is 5.02 Å². The molecule has 0 fully saturated rings. The molecular formula is C17H19ClN2O3. The molecule has 1 heterocycles. The van der Waals surface area contributed by atoms with Crippen LogP contribution in [0, 0.1) is 0 Å². The summed E-state index contributed by atoms with van der Waals surface area (Å²) >= 11 is 5.81. The zero-order chi connectivity index (χ0) is 16.7. The number of aromatic nitrogens is 1. The van der Waals surface area contributed by atoms with Crippen molar-refractivity contribution in [2.45, 2.75) is 26.0 Å². The third-order valence-corrected chi connectivity index (χ3v) is 3.47. The van der Waals surface area contributed by atoms with Crippen molar-refractivity contribution in [3.05, 3.63) is 64.0 Å². The van der Waals surface area contributed by atoms with E-state index in [2.05, 4.69) is 5.32 Å². The Hall–Kier alpha value is -2.27. The summed E-state index contributed by atoms with van der Waals surface area (Å²) in [6.45, 7) is 2.62. The van der Waals surface area contributed by atoms with Gasteiger partial charge < -0.3 is 14.6 Å². The van der Waals surface area contributed by atoms with Gasteiger partial charge in [-0.1, -0.05) is 17.7 Å². The molecule has 0 aliphatic heterocycles. The molecular weight excluding hydrogens is 316 g/mol. The lowest BCUT2D eigenvalue weighted by Gasteiger charge is -2.15. The van der Waals surface area contributed by atoms with E-state index in [1.165, 1.54) is 10.6 Å². The van der Waals surface area contributed by atoms with Crippen LogP contribution in [0.3, 0.4) is 0 Å². The molecule has 0 bridgehead atoms. The number of nitrogens with zero attached hydrogens (tertiary/aromatic N) is 1. The maximum Gasteiger partial charge on any atom is 0.250 e. The van der Waals surface area contributed by atoms with Crippen molar-refractivity contribution in [3.63, 3.8) is 0 Å². The first-order chi connectivity index (χ1) is 11.0. The highest BCUT2D eigenvalue weighted by Crippen LogP contribution is 2.16. The molecule has 0 unspecified atom stereocenters. The van der Waals surface area contributed by atoms with Crippen LogP contribution < -0.4 is 15.6 Å². The number of amides is 1. The van der Waals surface area contributed by atoms with Gasteiger partial charge in [0.25, 0.3) is 5.56 Å². The molecule has 0 spiro atoms. The highest BCUT2D eigenvalue weighted by Gasteiger charge is 2.07. The van der Waals surface area contributed by atoms with Crippen LogP contribution in [0.4, 0.5) is 0 Å². The molecule has 2 aromatic rings. The van der Waals surface area contributed by atoms with Gasteiger partial charge in [0.05, 0.1) is 6.54 Å². The molecule has 0 saturated heterocycles. The fourth-order valence-electron chi connectivity index (χ4n) is 2.00. The molecule has 0 aliphatic rings. The second-order valence-electron chi connectivity index (χ2n) is 5.17. The number of halogens is 1. The Labute approximate surface area is 139 Å². The van der Waals surface area contributed by atoms with Gasteiger partial charge in [-0.25, -0.2) is 0 Å². The number of ether oxygens (including phenoxy) is 1. The summed E-state index contributed by atoms with van der Waals surface area (Å²) < 4.78 is 7.18. The predicted molar refractivity (Wildman–Crippen MR) is 89.9 cm³/mol. The van der Waals surface area contributed by atoms with Crippen molar-refractivity contribution in [1.82, 2.24) is 9.88 Å². The molecule has 2 rings (SSSR count). The summed E-state index contributed by atoms with van der Waals surface area (Å²) in [5.74, 6) is 0.583. The van der Waals surface area contributed by atoms with E-state index in [1.807, 2.05) is 6.92 Å². The van der Waals surface area contributed by atoms with Crippen LogP contribution >= 0.6 is 11.6 Å². The second-order valence-corrected chi connectivity index (χ2v) is 5.61. The second kappa shape index (κ2) is 8.39. The van der Waals surface area contributed by atoms with Gasteiger partial charge in [0.1, 0.15) is 11.9 Å². The Bertz CT molecular complexity index is 697. The number of rotatable bonds is 7. The molecule has 1 aromatic heterocycles. The molecule has 0 aliphatic carbocycles. The van der Waals surface area contributed by atoms with Gasteiger partial charge in [0.2, 0.25) is 5.91 Å². The molecule has 1 atom stereocenters. The normalized spacial score (nSPS) is 11.7. The molecule has 122 valence electrons. The van der Waals surface area contributed by atoms with Gasteiger partial charge in [-0.2, -0.15) is 0 Å². The van der Waals surface area contributed by atoms with Crippen LogP contribution in [0.15, 0.2) is 53.5 Å². The average Bonchev–Trinajstić information content (AvgIpc) is 2.54. The lowest BCUT2D eigenvalue weighted by Crippen LogP contribution is -2.34. The van der Waals surface area contributed by atoms with E-state index >= 15 is 0 Å². The smallest absolute Gasteiger partial charge is 0.250 e. The van der Waals surface area contributed by atoms with Crippen LogP contribution in [0.25, 0.3) is 0 Å². The van der Waals surface area contributed by atoms with E-state index in [0.29, 0.717) is 23.9 Å². The van der Waals surface area contributed by atoms with E-state index in [9.17, 15) is 9.59 Å². The Kier molecular flexibility index (Phi) is 6.23. The molecule has 1 aromatic carbocycles. The number of carbonyl (C=O) groups is 1. The highest BCUT2D eigenvalue weighted by molar-refractivity contribution is 6.30. The predicted octanol–water partition coefficient (Wildman–Crippen LogP) is 2.48. The first kappa shape index (κ1) is 17.1. The third kappa shape index (κ3) is 5.79. The monoisotopic (exact) mass is 334 g/mol. The topological polar surface area (TPSA) is 60.3 Å². The molecule has 0 radical (unpaired) electrons. The maximum absolute atomic E-state index is 11.8. The summed E-state index contributed by atoms with van der Waals surface area (Å²) in [6.07, 6.45) is 1.75. The van der Waals surface area contributed by atoms with Crippen LogP contribution in [-0.2, 0) is 11.3 Å². The summed E-state index contributed by atoms with van der Waals surface area (Å²) in [4.78, 5) is 23.4. The number of hydrogen-bond acceptors (Lipinski definition) is 3.